The topological polar surface area (TPSA) is 101 Å². The first kappa shape index (κ1) is 8.98. The van der Waals surface area contributed by atoms with Crippen LogP contribution in [0, 0.1) is 0 Å². The predicted molar refractivity (Wildman–Crippen MR) is 46.2 cm³/mol. The number of amides is 2. The number of nitrogens with one attached hydrogen (secondary N) is 1. The molecule has 0 bridgehead atoms. The molecule has 1 aromatic rings. The Morgan fingerprint density at radius 1 is 1.69 bits per heavy atom. The number of nitrogens with two attached hydrogens (primary N) is 1. The summed E-state index contributed by atoms with van der Waals surface area (Å²) in [6.07, 6.45) is 2.58. The molecule has 0 aliphatic carbocycles. The van der Waals surface area contributed by atoms with Crippen LogP contribution in [0.2, 0.25) is 0 Å². The third-order valence-corrected chi connectivity index (χ3v) is 1.14. The number of pyridine rings is 1. The fourth-order valence-corrected chi connectivity index (χ4v) is 0.636. The maximum atomic E-state index is 10.2. The van der Waals surface area contributed by atoms with Crippen LogP contribution in [0.5, 0.6) is 5.75 Å². The third-order valence-electron chi connectivity index (χ3n) is 1.14. The second-order valence-corrected chi connectivity index (χ2v) is 2.18. The summed E-state index contributed by atoms with van der Waals surface area (Å²) in [5.74, 6) is 0.0695. The van der Waals surface area contributed by atoms with Gasteiger partial charge in [-0.05, 0) is 12.1 Å². The molecule has 13 heavy (non-hydrogen) atoms. The van der Waals surface area contributed by atoms with Gasteiger partial charge in [0.05, 0.1) is 18.1 Å². The van der Waals surface area contributed by atoms with Crippen molar-refractivity contribution in [2.75, 3.05) is 0 Å². The average molecular weight is 180 g/mol. The van der Waals surface area contributed by atoms with Crippen LogP contribution in [0.15, 0.2) is 23.4 Å². The Morgan fingerprint density at radius 3 is 3.00 bits per heavy atom. The second kappa shape index (κ2) is 4.05. The van der Waals surface area contributed by atoms with Crippen LogP contribution in [0.4, 0.5) is 4.79 Å². The van der Waals surface area contributed by atoms with Crippen LogP contribution < -0.4 is 11.2 Å². The lowest BCUT2D eigenvalue weighted by molar-refractivity contribution is 0.249. The monoisotopic (exact) mass is 180 g/mol. The molecule has 4 N–H and O–H groups in total. The molecular formula is C7H8N4O2. The molecule has 1 aromatic heterocycles. The Balaban J connectivity index is 2.59. The van der Waals surface area contributed by atoms with Crippen LogP contribution in [0.1, 0.15) is 5.69 Å². The van der Waals surface area contributed by atoms with Gasteiger partial charge in [-0.3, -0.25) is 4.98 Å². The van der Waals surface area contributed by atoms with Gasteiger partial charge in [-0.15, -0.1) is 0 Å². The fourth-order valence-electron chi connectivity index (χ4n) is 0.636. The van der Waals surface area contributed by atoms with Crippen LogP contribution in [0.25, 0.3) is 0 Å². The van der Waals surface area contributed by atoms with Crippen molar-refractivity contribution in [3.63, 3.8) is 0 Å². The van der Waals surface area contributed by atoms with E-state index in [1.807, 2.05) is 5.43 Å². The van der Waals surface area contributed by atoms with Gasteiger partial charge in [0.2, 0.25) is 0 Å². The summed E-state index contributed by atoms with van der Waals surface area (Å²) in [5, 5.41) is 12.4. The van der Waals surface area contributed by atoms with E-state index >= 15 is 0 Å². The number of hydrogen-bond acceptors (Lipinski definition) is 4. The highest BCUT2D eigenvalue weighted by molar-refractivity contribution is 5.79. The lowest BCUT2D eigenvalue weighted by Gasteiger charge is -1.92. The molecular weight excluding hydrogens is 172 g/mol. The van der Waals surface area contributed by atoms with Gasteiger partial charge in [-0.25, -0.2) is 10.2 Å². The van der Waals surface area contributed by atoms with Gasteiger partial charge in [-0.1, -0.05) is 0 Å². The summed E-state index contributed by atoms with van der Waals surface area (Å²) in [5.41, 5.74) is 7.28. The van der Waals surface area contributed by atoms with E-state index in [1.165, 1.54) is 18.5 Å². The first-order chi connectivity index (χ1) is 6.18. The summed E-state index contributed by atoms with van der Waals surface area (Å²) in [6.45, 7) is 0. The lowest BCUT2D eigenvalue weighted by atomic mass is 10.4. The second-order valence-electron chi connectivity index (χ2n) is 2.18. The Kier molecular flexibility index (Phi) is 2.80. The quantitative estimate of drug-likeness (QED) is 0.433. The molecule has 1 rings (SSSR count). The summed E-state index contributed by atoms with van der Waals surface area (Å²) < 4.78 is 0. The zero-order valence-corrected chi connectivity index (χ0v) is 6.64. The molecule has 0 fully saturated rings. The third kappa shape index (κ3) is 3.19. The minimum atomic E-state index is -0.741. The molecule has 0 saturated carbocycles. The van der Waals surface area contributed by atoms with Crippen molar-refractivity contribution in [2.24, 2.45) is 10.8 Å². The van der Waals surface area contributed by atoms with Crippen LogP contribution in [-0.4, -0.2) is 22.3 Å². The van der Waals surface area contributed by atoms with Gasteiger partial charge >= 0.3 is 6.03 Å². The Bertz CT molecular complexity index is 320. The average Bonchev–Trinajstić information content (AvgIpc) is 2.08. The zero-order valence-electron chi connectivity index (χ0n) is 6.64. The van der Waals surface area contributed by atoms with Crippen molar-refractivity contribution in [3.05, 3.63) is 24.0 Å². The molecule has 0 unspecified atom stereocenters. The van der Waals surface area contributed by atoms with Gasteiger partial charge in [0.1, 0.15) is 5.75 Å². The summed E-state index contributed by atoms with van der Waals surface area (Å²) in [7, 11) is 0. The van der Waals surface area contributed by atoms with Crippen molar-refractivity contribution in [2.45, 2.75) is 0 Å². The molecule has 0 saturated heterocycles. The molecule has 0 aliphatic heterocycles. The van der Waals surface area contributed by atoms with Crippen LogP contribution in [0.3, 0.4) is 0 Å². The maximum absolute atomic E-state index is 10.2. The SMILES string of the molecule is NC(=O)NN=Cc1ccc(O)cn1. The van der Waals surface area contributed by atoms with Crippen LogP contribution >= 0.6 is 0 Å². The normalized spacial score (nSPS) is 10.2. The lowest BCUT2D eigenvalue weighted by Crippen LogP contribution is -2.24. The molecule has 0 atom stereocenters. The number of carbonyl (C=O) groups is 1. The van der Waals surface area contributed by atoms with E-state index in [4.69, 9.17) is 10.8 Å². The van der Waals surface area contributed by atoms with Crippen molar-refractivity contribution >= 4 is 12.2 Å². The van der Waals surface area contributed by atoms with Crippen molar-refractivity contribution < 1.29 is 9.90 Å². The zero-order chi connectivity index (χ0) is 9.68. The number of aromatic nitrogens is 1. The number of carbonyl (C=O) groups excluding carboxylic acids is 1. The van der Waals surface area contributed by atoms with E-state index in [0.29, 0.717) is 5.69 Å². The van der Waals surface area contributed by atoms with E-state index in [9.17, 15) is 4.79 Å². The summed E-state index contributed by atoms with van der Waals surface area (Å²) >= 11 is 0. The molecule has 0 aromatic carbocycles. The van der Waals surface area contributed by atoms with Gasteiger partial charge in [0.25, 0.3) is 0 Å². The number of hydrazone groups is 1. The Morgan fingerprint density at radius 2 is 2.46 bits per heavy atom. The molecule has 6 nitrogen and oxygen atoms in total. The number of hydrogen-bond donors (Lipinski definition) is 3. The van der Waals surface area contributed by atoms with Gasteiger partial charge in [-0.2, -0.15) is 5.10 Å². The van der Waals surface area contributed by atoms with E-state index in [1.54, 1.807) is 6.07 Å². The maximum Gasteiger partial charge on any atom is 0.332 e. The molecule has 2 amide bonds. The minimum Gasteiger partial charge on any atom is -0.506 e. The van der Waals surface area contributed by atoms with Crippen molar-refractivity contribution in [1.29, 1.82) is 0 Å². The summed E-state index contributed by atoms with van der Waals surface area (Å²) in [6, 6.07) is 2.26. The van der Waals surface area contributed by atoms with E-state index in [2.05, 4.69) is 10.1 Å². The minimum absolute atomic E-state index is 0.0695. The fraction of sp³-hybridized carbons (Fsp3) is 0. The first-order valence-electron chi connectivity index (χ1n) is 3.42. The highest BCUT2D eigenvalue weighted by Gasteiger charge is 1.90. The van der Waals surface area contributed by atoms with E-state index in [0.717, 1.165) is 0 Å². The van der Waals surface area contributed by atoms with Gasteiger partial charge in [0, 0.05) is 0 Å². The molecule has 0 spiro atoms. The molecule has 0 radical (unpaired) electrons. The van der Waals surface area contributed by atoms with Crippen LogP contribution in [-0.2, 0) is 0 Å². The van der Waals surface area contributed by atoms with Gasteiger partial charge in [0.15, 0.2) is 0 Å². The molecule has 0 aliphatic rings. The number of urea groups is 1. The number of aromatic hydroxyl groups is 1. The smallest absolute Gasteiger partial charge is 0.332 e. The van der Waals surface area contributed by atoms with Crippen molar-refractivity contribution in [3.8, 4) is 5.75 Å². The van der Waals surface area contributed by atoms with E-state index < -0.39 is 6.03 Å². The largest absolute Gasteiger partial charge is 0.506 e. The first-order valence-corrected chi connectivity index (χ1v) is 3.42. The standard InChI is InChI=1S/C7H8N4O2/c8-7(13)11-10-3-5-1-2-6(12)4-9-5/h1-4,12H,(H3,8,11,13). The predicted octanol–water partition coefficient (Wildman–Crippen LogP) is -0.211. The number of rotatable bonds is 2. The molecule has 68 valence electrons. The Labute approximate surface area is 74.1 Å². The molecule has 6 heteroatoms. The van der Waals surface area contributed by atoms with Gasteiger partial charge < -0.3 is 10.8 Å². The highest BCUT2D eigenvalue weighted by Crippen LogP contribution is 2.03. The van der Waals surface area contributed by atoms with Crippen molar-refractivity contribution in [1.82, 2.24) is 10.4 Å². The number of primary amides is 1. The van der Waals surface area contributed by atoms with E-state index in [-0.39, 0.29) is 5.75 Å². The number of nitrogens with zero attached hydrogens (tertiary/aromatic N) is 2. The Hall–Kier alpha value is -2.11. The molecule has 1 heterocycles. The summed E-state index contributed by atoms with van der Waals surface area (Å²) in [4.78, 5) is 14.0. The highest BCUT2D eigenvalue weighted by atomic mass is 16.3.